The van der Waals surface area contributed by atoms with Gasteiger partial charge in [-0.3, -0.25) is 0 Å². The molecule has 2 aromatic rings. The van der Waals surface area contributed by atoms with Crippen molar-refractivity contribution in [1.82, 2.24) is 15.5 Å². The molecule has 2 heterocycles. The molecule has 0 bridgehead atoms. The van der Waals surface area contributed by atoms with E-state index < -0.39 is 0 Å². The summed E-state index contributed by atoms with van der Waals surface area (Å²) in [5.74, 6) is 1.64. The summed E-state index contributed by atoms with van der Waals surface area (Å²) in [5.41, 5.74) is -0.215. The Hall–Kier alpha value is -1.40. The van der Waals surface area contributed by atoms with Gasteiger partial charge in [0.2, 0.25) is 5.89 Å². The SMILES string of the molecule is CC1(c2nc(CSc3cccc(F)c3)no2)CCCCN1. The van der Waals surface area contributed by atoms with Gasteiger partial charge in [-0.25, -0.2) is 4.39 Å². The molecule has 1 atom stereocenters. The van der Waals surface area contributed by atoms with Gasteiger partial charge in [0.15, 0.2) is 5.82 Å². The highest BCUT2D eigenvalue weighted by molar-refractivity contribution is 7.98. The van der Waals surface area contributed by atoms with Crippen LogP contribution in [0.4, 0.5) is 4.39 Å². The fourth-order valence-electron chi connectivity index (χ4n) is 2.48. The molecule has 0 radical (unpaired) electrons. The summed E-state index contributed by atoms with van der Waals surface area (Å²) in [6.07, 6.45) is 3.36. The number of nitrogens with zero attached hydrogens (tertiary/aromatic N) is 2. The molecule has 1 aromatic carbocycles. The van der Waals surface area contributed by atoms with Gasteiger partial charge in [-0.05, 0) is 50.9 Å². The molecule has 4 nitrogen and oxygen atoms in total. The molecule has 1 aliphatic rings. The molecule has 1 aliphatic heterocycles. The maximum atomic E-state index is 13.1. The van der Waals surface area contributed by atoms with Crippen molar-refractivity contribution in [3.05, 3.63) is 41.8 Å². The van der Waals surface area contributed by atoms with E-state index in [0.29, 0.717) is 17.5 Å². The minimum absolute atomic E-state index is 0.215. The molecule has 1 N–H and O–H groups in total. The molecule has 0 aliphatic carbocycles. The Morgan fingerprint density at radius 3 is 3.10 bits per heavy atom. The third-order valence-corrected chi connectivity index (χ3v) is 4.71. The molecule has 1 saturated heterocycles. The van der Waals surface area contributed by atoms with Crippen LogP contribution in [0, 0.1) is 5.82 Å². The van der Waals surface area contributed by atoms with Crippen molar-refractivity contribution in [2.24, 2.45) is 0 Å². The van der Waals surface area contributed by atoms with E-state index in [1.165, 1.54) is 36.7 Å². The van der Waals surface area contributed by atoms with Gasteiger partial charge in [0, 0.05) is 4.90 Å². The van der Waals surface area contributed by atoms with Gasteiger partial charge in [0.1, 0.15) is 5.82 Å². The maximum Gasteiger partial charge on any atom is 0.246 e. The van der Waals surface area contributed by atoms with Crippen LogP contribution < -0.4 is 5.32 Å². The summed E-state index contributed by atoms with van der Waals surface area (Å²) in [6.45, 7) is 3.08. The predicted molar refractivity (Wildman–Crippen MR) is 79.5 cm³/mol. The highest BCUT2D eigenvalue weighted by Crippen LogP contribution is 2.29. The Kier molecular flexibility index (Phi) is 4.26. The molecular weight excluding hydrogens is 289 g/mol. The topological polar surface area (TPSA) is 51.0 Å². The maximum absolute atomic E-state index is 13.1. The zero-order valence-electron chi connectivity index (χ0n) is 11.9. The first-order valence-corrected chi connectivity index (χ1v) is 8.11. The number of benzene rings is 1. The first kappa shape index (κ1) is 14.5. The molecule has 0 saturated carbocycles. The molecule has 1 aromatic heterocycles. The van der Waals surface area contributed by atoms with Gasteiger partial charge in [-0.1, -0.05) is 11.2 Å². The number of nitrogens with one attached hydrogen (secondary N) is 1. The highest BCUT2D eigenvalue weighted by Gasteiger charge is 2.34. The number of hydrogen-bond acceptors (Lipinski definition) is 5. The summed E-state index contributed by atoms with van der Waals surface area (Å²) in [4.78, 5) is 5.35. The minimum Gasteiger partial charge on any atom is -0.337 e. The molecule has 112 valence electrons. The quantitative estimate of drug-likeness (QED) is 0.876. The van der Waals surface area contributed by atoms with Crippen LogP contribution in [0.1, 0.15) is 37.9 Å². The number of thioether (sulfide) groups is 1. The van der Waals surface area contributed by atoms with Crippen molar-refractivity contribution < 1.29 is 8.91 Å². The average Bonchev–Trinajstić information content (AvgIpc) is 2.96. The van der Waals surface area contributed by atoms with Crippen LogP contribution in [-0.2, 0) is 11.3 Å². The van der Waals surface area contributed by atoms with E-state index in [1.54, 1.807) is 6.07 Å². The van der Waals surface area contributed by atoms with Crippen LogP contribution in [-0.4, -0.2) is 16.7 Å². The minimum atomic E-state index is -0.229. The van der Waals surface area contributed by atoms with Gasteiger partial charge in [-0.15, -0.1) is 11.8 Å². The van der Waals surface area contributed by atoms with Crippen LogP contribution >= 0.6 is 11.8 Å². The second-order valence-electron chi connectivity index (χ2n) is 5.48. The van der Waals surface area contributed by atoms with E-state index in [9.17, 15) is 4.39 Å². The lowest BCUT2D eigenvalue weighted by atomic mass is 9.91. The van der Waals surface area contributed by atoms with Gasteiger partial charge in [-0.2, -0.15) is 4.98 Å². The first-order chi connectivity index (χ1) is 10.2. The van der Waals surface area contributed by atoms with Gasteiger partial charge in [0.25, 0.3) is 0 Å². The van der Waals surface area contributed by atoms with Crippen LogP contribution in [0.15, 0.2) is 33.7 Å². The van der Waals surface area contributed by atoms with Gasteiger partial charge < -0.3 is 9.84 Å². The van der Waals surface area contributed by atoms with Crippen molar-refractivity contribution in [2.75, 3.05) is 6.54 Å². The fourth-order valence-corrected chi connectivity index (χ4v) is 3.26. The first-order valence-electron chi connectivity index (χ1n) is 7.12. The van der Waals surface area contributed by atoms with E-state index in [2.05, 4.69) is 22.4 Å². The highest BCUT2D eigenvalue weighted by atomic mass is 32.2. The largest absolute Gasteiger partial charge is 0.337 e. The molecule has 6 heteroatoms. The number of aromatic nitrogens is 2. The fraction of sp³-hybridized carbons (Fsp3) is 0.467. The third kappa shape index (κ3) is 3.44. The van der Waals surface area contributed by atoms with E-state index in [0.717, 1.165) is 17.9 Å². The smallest absolute Gasteiger partial charge is 0.246 e. The number of rotatable bonds is 4. The zero-order chi connectivity index (χ0) is 14.7. The summed E-state index contributed by atoms with van der Waals surface area (Å²) in [5, 5.41) is 7.49. The van der Waals surface area contributed by atoms with Crippen LogP contribution in [0.25, 0.3) is 0 Å². The van der Waals surface area contributed by atoms with E-state index >= 15 is 0 Å². The summed E-state index contributed by atoms with van der Waals surface area (Å²) >= 11 is 1.50. The summed E-state index contributed by atoms with van der Waals surface area (Å²) in [7, 11) is 0. The Morgan fingerprint density at radius 2 is 2.33 bits per heavy atom. The van der Waals surface area contributed by atoms with Crippen LogP contribution in [0.5, 0.6) is 0 Å². The lowest BCUT2D eigenvalue weighted by Gasteiger charge is -2.31. The Labute approximate surface area is 127 Å². The Balaban J connectivity index is 1.65. The van der Waals surface area contributed by atoms with Crippen molar-refractivity contribution in [3.8, 4) is 0 Å². The lowest BCUT2D eigenvalue weighted by Crippen LogP contribution is -2.43. The van der Waals surface area contributed by atoms with E-state index in [1.807, 2.05) is 6.07 Å². The number of piperidine rings is 1. The molecule has 21 heavy (non-hydrogen) atoms. The van der Waals surface area contributed by atoms with Gasteiger partial charge >= 0.3 is 0 Å². The Bertz CT molecular complexity index is 610. The second kappa shape index (κ2) is 6.15. The zero-order valence-corrected chi connectivity index (χ0v) is 12.8. The number of hydrogen-bond donors (Lipinski definition) is 1. The van der Waals surface area contributed by atoms with Crippen molar-refractivity contribution in [1.29, 1.82) is 0 Å². The van der Waals surface area contributed by atoms with Crippen molar-refractivity contribution >= 4 is 11.8 Å². The second-order valence-corrected chi connectivity index (χ2v) is 6.53. The molecule has 3 rings (SSSR count). The summed E-state index contributed by atoms with van der Waals surface area (Å²) in [6, 6.07) is 6.52. The molecule has 0 amide bonds. The average molecular weight is 307 g/mol. The van der Waals surface area contributed by atoms with E-state index in [4.69, 9.17) is 4.52 Å². The van der Waals surface area contributed by atoms with E-state index in [-0.39, 0.29) is 11.4 Å². The molecule has 1 fully saturated rings. The summed E-state index contributed by atoms with van der Waals surface area (Å²) < 4.78 is 18.5. The van der Waals surface area contributed by atoms with Crippen LogP contribution in [0.3, 0.4) is 0 Å². The lowest BCUT2D eigenvalue weighted by molar-refractivity contribution is 0.206. The molecule has 1 unspecified atom stereocenters. The third-order valence-electron chi connectivity index (χ3n) is 3.72. The standard InChI is InChI=1S/C15H18FN3OS/c1-15(7-2-3-8-17-15)14-18-13(19-20-14)10-21-12-6-4-5-11(16)9-12/h4-6,9,17H,2-3,7-8,10H2,1H3. The monoisotopic (exact) mass is 307 g/mol. The van der Waals surface area contributed by atoms with Crippen molar-refractivity contribution in [2.45, 2.75) is 42.4 Å². The van der Waals surface area contributed by atoms with Crippen LogP contribution in [0.2, 0.25) is 0 Å². The molecule has 0 spiro atoms. The Morgan fingerprint density at radius 1 is 1.43 bits per heavy atom. The predicted octanol–water partition coefficient (Wildman–Crippen LogP) is 3.49. The normalized spacial score (nSPS) is 22.4. The number of halogens is 1. The van der Waals surface area contributed by atoms with Crippen molar-refractivity contribution in [3.63, 3.8) is 0 Å². The van der Waals surface area contributed by atoms with Gasteiger partial charge in [0.05, 0.1) is 11.3 Å². The molecular formula is C15H18FN3OS.